The molecule has 0 amide bonds. The van der Waals surface area contributed by atoms with E-state index in [1.54, 1.807) is 0 Å². The molecule has 84 valence electrons. The molecule has 0 unspecified atom stereocenters. The quantitative estimate of drug-likeness (QED) is 0.789. The van der Waals surface area contributed by atoms with Gasteiger partial charge in [-0.15, -0.1) is 0 Å². The van der Waals surface area contributed by atoms with Crippen molar-refractivity contribution in [2.24, 2.45) is 0 Å². The Morgan fingerprint density at radius 1 is 1.53 bits per heavy atom. The van der Waals surface area contributed by atoms with Crippen molar-refractivity contribution in [3.63, 3.8) is 0 Å². The number of hydrogen-bond acceptors (Lipinski definition) is 5. The number of nitrogens with zero attached hydrogens (tertiary/aromatic N) is 3. The molecule has 5 nitrogen and oxygen atoms in total. The Morgan fingerprint density at radius 3 is 2.93 bits per heavy atom. The van der Waals surface area contributed by atoms with Crippen molar-refractivity contribution in [1.82, 2.24) is 15.5 Å². The molecular weight excluding hydrogens is 192 g/mol. The summed E-state index contributed by atoms with van der Waals surface area (Å²) in [7, 11) is 0. The molecule has 1 atom stereocenters. The van der Waals surface area contributed by atoms with Crippen molar-refractivity contribution in [3.05, 3.63) is 5.89 Å². The van der Waals surface area contributed by atoms with Gasteiger partial charge in [-0.05, 0) is 12.1 Å². The maximum absolute atomic E-state index is 5.19. The molecule has 1 fully saturated rings. The average Bonchev–Trinajstić information content (AvgIpc) is 2.66. The van der Waals surface area contributed by atoms with Crippen LogP contribution in [0.5, 0.6) is 0 Å². The highest BCUT2D eigenvalue weighted by Crippen LogP contribution is 2.16. The predicted molar refractivity (Wildman–Crippen MR) is 58.1 cm³/mol. The smallest absolute Gasteiger partial charge is 0.266 e. The molecule has 2 heterocycles. The molecule has 0 aromatic carbocycles. The van der Waals surface area contributed by atoms with E-state index in [9.17, 15) is 0 Å². The van der Waals surface area contributed by atoms with E-state index in [1.807, 2.05) is 0 Å². The lowest BCUT2D eigenvalue weighted by Crippen LogP contribution is -2.49. The van der Waals surface area contributed by atoms with Crippen LogP contribution in [0.4, 0.5) is 5.95 Å². The Balaban J connectivity index is 2.08. The Morgan fingerprint density at radius 2 is 2.33 bits per heavy atom. The van der Waals surface area contributed by atoms with Gasteiger partial charge in [-0.3, -0.25) is 0 Å². The average molecular weight is 210 g/mol. The molecule has 5 heteroatoms. The van der Waals surface area contributed by atoms with E-state index in [0.717, 1.165) is 31.5 Å². The van der Waals surface area contributed by atoms with Crippen molar-refractivity contribution >= 4 is 5.95 Å². The first-order chi connectivity index (χ1) is 7.16. The van der Waals surface area contributed by atoms with Gasteiger partial charge in [0.05, 0.1) is 0 Å². The minimum Gasteiger partial charge on any atom is -0.337 e. The second-order valence-electron chi connectivity index (χ2n) is 4.39. The number of aromatic nitrogens is 2. The van der Waals surface area contributed by atoms with E-state index < -0.39 is 0 Å². The third kappa shape index (κ3) is 2.28. The summed E-state index contributed by atoms with van der Waals surface area (Å²) in [6, 6.07) is 0.486. The normalized spacial score (nSPS) is 22.4. The van der Waals surface area contributed by atoms with Crippen molar-refractivity contribution in [2.75, 3.05) is 24.5 Å². The van der Waals surface area contributed by atoms with Gasteiger partial charge in [0.25, 0.3) is 5.95 Å². The summed E-state index contributed by atoms with van der Waals surface area (Å²) in [4.78, 5) is 6.55. The topological polar surface area (TPSA) is 54.2 Å². The van der Waals surface area contributed by atoms with E-state index >= 15 is 0 Å². The third-order valence-electron chi connectivity index (χ3n) is 2.58. The first-order valence-corrected chi connectivity index (χ1v) is 5.48. The number of anilines is 1. The van der Waals surface area contributed by atoms with Gasteiger partial charge < -0.3 is 14.7 Å². The van der Waals surface area contributed by atoms with Gasteiger partial charge >= 0.3 is 0 Å². The fourth-order valence-electron chi connectivity index (χ4n) is 1.70. The minimum atomic E-state index is 0.298. The number of piperazine rings is 1. The molecule has 1 aliphatic rings. The predicted octanol–water partition coefficient (Wildman–Crippen LogP) is 0.991. The van der Waals surface area contributed by atoms with Crippen LogP contribution < -0.4 is 10.2 Å². The summed E-state index contributed by atoms with van der Waals surface area (Å²) in [5.74, 6) is 1.75. The van der Waals surface area contributed by atoms with Crippen LogP contribution >= 0.6 is 0 Å². The van der Waals surface area contributed by atoms with Gasteiger partial charge in [0, 0.05) is 31.6 Å². The molecule has 15 heavy (non-hydrogen) atoms. The van der Waals surface area contributed by atoms with Gasteiger partial charge in [0.15, 0.2) is 0 Å². The van der Waals surface area contributed by atoms with Crippen molar-refractivity contribution in [3.8, 4) is 0 Å². The minimum absolute atomic E-state index is 0.298. The zero-order valence-electron chi connectivity index (χ0n) is 9.53. The lowest BCUT2D eigenvalue weighted by atomic mass is 10.2. The van der Waals surface area contributed by atoms with Crippen LogP contribution in [-0.2, 0) is 0 Å². The molecule has 0 saturated carbocycles. The largest absolute Gasteiger partial charge is 0.337 e. The van der Waals surface area contributed by atoms with Crippen molar-refractivity contribution in [1.29, 1.82) is 0 Å². The molecule has 0 radical (unpaired) electrons. The fraction of sp³-hybridized carbons (Fsp3) is 0.800. The van der Waals surface area contributed by atoms with Gasteiger partial charge in [-0.25, -0.2) is 0 Å². The van der Waals surface area contributed by atoms with E-state index in [-0.39, 0.29) is 0 Å². The molecule has 0 aliphatic carbocycles. The number of nitrogens with one attached hydrogen (secondary N) is 1. The third-order valence-corrected chi connectivity index (χ3v) is 2.58. The Bertz CT molecular complexity index is 323. The van der Waals surface area contributed by atoms with Gasteiger partial charge in [0.2, 0.25) is 5.89 Å². The SMILES string of the molecule is CC(C)c1nc(N2CCN[C@@H](C)C2)no1. The standard InChI is InChI=1S/C10H18N4O/c1-7(2)9-12-10(13-15-9)14-5-4-11-8(3)6-14/h7-8,11H,4-6H2,1-3H3/t8-/m0/s1. The lowest BCUT2D eigenvalue weighted by Gasteiger charge is -2.30. The number of rotatable bonds is 2. The molecule has 1 aromatic rings. The van der Waals surface area contributed by atoms with Crippen LogP contribution in [0.15, 0.2) is 4.52 Å². The highest BCUT2D eigenvalue weighted by atomic mass is 16.5. The molecule has 2 rings (SSSR count). The molecule has 1 aromatic heterocycles. The molecule has 0 spiro atoms. The molecule has 1 aliphatic heterocycles. The maximum Gasteiger partial charge on any atom is 0.266 e. The van der Waals surface area contributed by atoms with E-state index in [4.69, 9.17) is 4.52 Å². The van der Waals surface area contributed by atoms with Crippen LogP contribution in [0.1, 0.15) is 32.6 Å². The van der Waals surface area contributed by atoms with Crippen LogP contribution in [0.2, 0.25) is 0 Å². The number of hydrogen-bond donors (Lipinski definition) is 1. The van der Waals surface area contributed by atoms with Gasteiger partial charge in [-0.1, -0.05) is 13.8 Å². The van der Waals surface area contributed by atoms with Crippen molar-refractivity contribution < 1.29 is 4.52 Å². The lowest BCUT2D eigenvalue weighted by molar-refractivity contribution is 0.362. The summed E-state index contributed by atoms with van der Waals surface area (Å²) in [5.41, 5.74) is 0. The van der Waals surface area contributed by atoms with Crippen molar-refractivity contribution in [2.45, 2.75) is 32.7 Å². The second-order valence-corrected chi connectivity index (χ2v) is 4.39. The Hall–Kier alpha value is -1.10. The fourth-order valence-corrected chi connectivity index (χ4v) is 1.70. The molecule has 1 saturated heterocycles. The summed E-state index contributed by atoms with van der Waals surface area (Å²) in [5, 5.41) is 7.39. The zero-order chi connectivity index (χ0) is 10.8. The monoisotopic (exact) mass is 210 g/mol. The summed E-state index contributed by atoms with van der Waals surface area (Å²) >= 11 is 0. The first kappa shape index (κ1) is 10.4. The van der Waals surface area contributed by atoms with E-state index in [1.165, 1.54) is 0 Å². The van der Waals surface area contributed by atoms with Crippen LogP contribution in [-0.4, -0.2) is 35.8 Å². The highest BCUT2D eigenvalue weighted by Gasteiger charge is 2.20. The van der Waals surface area contributed by atoms with Gasteiger partial charge in [-0.2, -0.15) is 4.98 Å². The maximum atomic E-state index is 5.19. The summed E-state index contributed by atoms with van der Waals surface area (Å²) in [6.07, 6.45) is 0. The van der Waals surface area contributed by atoms with Crippen LogP contribution in [0.3, 0.4) is 0 Å². The Kier molecular flexibility index (Phi) is 2.90. The Labute approximate surface area is 89.8 Å². The van der Waals surface area contributed by atoms with E-state index in [2.05, 4.69) is 41.1 Å². The van der Waals surface area contributed by atoms with E-state index in [0.29, 0.717) is 12.0 Å². The summed E-state index contributed by atoms with van der Waals surface area (Å²) < 4.78 is 5.19. The highest BCUT2D eigenvalue weighted by molar-refractivity contribution is 5.29. The summed E-state index contributed by atoms with van der Waals surface area (Å²) in [6.45, 7) is 9.14. The van der Waals surface area contributed by atoms with Crippen LogP contribution in [0, 0.1) is 0 Å². The molecule has 1 N–H and O–H groups in total. The second kappa shape index (κ2) is 4.18. The van der Waals surface area contributed by atoms with Gasteiger partial charge in [0.1, 0.15) is 0 Å². The zero-order valence-corrected chi connectivity index (χ0v) is 9.53. The molecule has 0 bridgehead atoms. The first-order valence-electron chi connectivity index (χ1n) is 5.48. The molecular formula is C10H18N4O. The van der Waals surface area contributed by atoms with Crippen LogP contribution in [0.25, 0.3) is 0 Å².